The summed E-state index contributed by atoms with van der Waals surface area (Å²) < 4.78 is 1.59. The minimum Gasteiger partial charge on any atom is -0.389 e. The summed E-state index contributed by atoms with van der Waals surface area (Å²) in [5.41, 5.74) is 0.479. The van der Waals surface area contributed by atoms with E-state index in [1.165, 1.54) is 12.5 Å². The van der Waals surface area contributed by atoms with Gasteiger partial charge in [0.05, 0.1) is 28.7 Å². The van der Waals surface area contributed by atoms with Crippen molar-refractivity contribution in [1.82, 2.24) is 14.7 Å². The smallest absolute Gasteiger partial charge is 0.249 e. The topological polar surface area (TPSA) is 99.5 Å². The van der Waals surface area contributed by atoms with Crippen LogP contribution >= 0.6 is 23.2 Å². The Morgan fingerprint density at radius 2 is 1.94 bits per heavy atom. The molecular weight excluding hydrogens is 501 g/mol. The second-order valence-electron chi connectivity index (χ2n) is 10.3. The number of aromatic nitrogens is 2. The Balaban J connectivity index is 1.47. The lowest BCUT2D eigenvalue weighted by Crippen LogP contribution is -2.46. The normalized spacial score (nSPS) is 17.8. The number of nitrogens with zero attached hydrogens (tertiary/aromatic N) is 3. The molecule has 3 N–H and O–H groups in total. The maximum Gasteiger partial charge on any atom is 0.249 e. The molecule has 1 fully saturated rings. The van der Waals surface area contributed by atoms with E-state index in [0.717, 1.165) is 31.4 Å². The van der Waals surface area contributed by atoms with E-state index >= 15 is 0 Å². The molecule has 1 atom stereocenters. The van der Waals surface area contributed by atoms with Gasteiger partial charge < -0.3 is 20.6 Å². The van der Waals surface area contributed by atoms with E-state index in [2.05, 4.69) is 15.7 Å². The molecule has 0 bridgehead atoms. The van der Waals surface area contributed by atoms with Gasteiger partial charge in [-0.05, 0) is 44.4 Å². The number of rotatable bonds is 9. The maximum atomic E-state index is 13.5. The number of aliphatic hydroxyl groups is 1. The van der Waals surface area contributed by atoms with Gasteiger partial charge in [0.1, 0.15) is 6.04 Å². The zero-order chi connectivity index (χ0) is 25.9. The zero-order valence-electron chi connectivity index (χ0n) is 20.6. The fourth-order valence-corrected chi connectivity index (χ4v) is 5.17. The van der Waals surface area contributed by atoms with Crippen molar-refractivity contribution in [3.63, 3.8) is 0 Å². The highest BCUT2D eigenvalue weighted by molar-refractivity contribution is 6.42. The van der Waals surface area contributed by atoms with Crippen molar-refractivity contribution in [2.75, 3.05) is 17.2 Å². The summed E-state index contributed by atoms with van der Waals surface area (Å²) in [6.45, 7) is 3.98. The van der Waals surface area contributed by atoms with E-state index in [9.17, 15) is 14.7 Å². The monoisotopic (exact) mass is 533 g/mol. The minimum absolute atomic E-state index is 0.207. The quantitative estimate of drug-likeness (QED) is 0.417. The van der Waals surface area contributed by atoms with Gasteiger partial charge in [-0.25, -0.2) is 0 Å². The first-order valence-electron chi connectivity index (χ1n) is 12.4. The standard InChI is InChI=1S/C26H33Cl2N5O3/c1-26(2,36)16-32-11-10-23(31-32)30-25(35)22(12-17-6-4-3-5-7-17)33-15-19(14-24(33)34)29-18-8-9-20(27)21(28)13-18/h8-11,13-14,17,22,29,36H,3-7,12,15-16H2,1-2H3,(H,30,31,35). The third-order valence-corrected chi connectivity index (χ3v) is 7.29. The maximum absolute atomic E-state index is 13.5. The van der Waals surface area contributed by atoms with Crippen LogP contribution in [0.3, 0.4) is 0 Å². The first-order chi connectivity index (χ1) is 17.1. The van der Waals surface area contributed by atoms with Gasteiger partial charge in [-0.1, -0.05) is 55.3 Å². The Morgan fingerprint density at radius 3 is 2.64 bits per heavy atom. The van der Waals surface area contributed by atoms with Gasteiger partial charge in [0.25, 0.3) is 0 Å². The average Bonchev–Trinajstić information content (AvgIpc) is 3.39. The van der Waals surface area contributed by atoms with Crippen LogP contribution in [0.4, 0.5) is 11.5 Å². The van der Waals surface area contributed by atoms with Gasteiger partial charge in [-0.3, -0.25) is 14.3 Å². The average molecular weight is 534 g/mol. The number of hydrogen-bond acceptors (Lipinski definition) is 5. The number of amides is 2. The van der Waals surface area contributed by atoms with Crippen LogP contribution in [0.1, 0.15) is 52.4 Å². The number of anilines is 2. The zero-order valence-corrected chi connectivity index (χ0v) is 22.1. The van der Waals surface area contributed by atoms with Crippen molar-refractivity contribution in [3.8, 4) is 0 Å². The van der Waals surface area contributed by atoms with Crippen LogP contribution in [0, 0.1) is 5.92 Å². The second-order valence-corrected chi connectivity index (χ2v) is 11.2. The lowest BCUT2D eigenvalue weighted by molar-refractivity contribution is -0.134. The molecule has 0 spiro atoms. The molecule has 10 heteroatoms. The fraction of sp³-hybridized carbons (Fsp3) is 0.500. The number of hydrogen-bond donors (Lipinski definition) is 3. The van der Waals surface area contributed by atoms with Gasteiger partial charge >= 0.3 is 0 Å². The SMILES string of the molecule is CC(C)(O)Cn1ccc(NC(=O)C(CC2CCCCC2)N2CC(Nc3ccc(Cl)c(Cl)c3)=CC2=O)n1. The van der Waals surface area contributed by atoms with Crippen LogP contribution in [0.25, 0.3) is 0 Å². The number of halogens is 2. The molecule has 8 nitrogen and oxygen atoms in total. The molecule has 0 radical (unpaired) electrons. The van der Waals surface area contributed by atoms with Crippen molar-refractivity contribution < 1.29 is 14.7 Å². The van der Waals surface area contributed by atoms with Gasteiger partial charge in [0, 0.05) is 29.7 Å². The number of carbonyl (C=O) groups excluding carboxylic acids is 2. The molecule has 1 aromatic carbocycles. The van der Waals surface area contributed by atoms with Crippen molar-refractivity contribution in [2.45, 2.75) is 70.6 Å². The molecule has 1 aromatic heterocycles. The Hall–Kier alpha value is -2.55. The molecule has 1 saturated carbocycles. The Labute approximate surface area is 221 Å². The van der Waals surface area contributed by atoms with Crippen molar-refractivity contribution in [3.05, 3.63) is 52.3 Å². The molecule has 36 heavy (non-hydrogen) atoms. The Morgan fingerprint density at radius 1 is 1.19 bits per heavy atom. The predicted molar refractivity (Wildman–Crippen MR) is 142 cm³/mol. The van der Waals surface area contributed by atoms with Crippen molar-refractivity contribution in [1.29, 1.82) is 0 Å². The molecular formula is C26H33Cl2N5O3. The van der Waals surface area contributed by atoms with Crippen LogP contribution in [0.15, 0.2) is 42.2 Å². The molecule has 1 aliphatic carbocycles. The van der Waals surface area contributed by atoms with E-state index in [1.807, 2.05) is 0 Å². The van der Waals surface area contributed by atoms with Crippen LogP contribution in [-0.4, -0.2) is 49.8 Å². The van der Waals surface area contributed by atoms with Crippen LogP contribution in [0.5, 0.6) is 0 Å². The van der Waals surface area contributed by atoms with Crippen molar-refractivity contribution >= 4 is 46.5 Å². The number of carbonyl (C=O) groups is 2. The van der Waals surface area contributed by atoms with E-state index < -0.39 is 11.6 Å². The molecule has 2 heterocycles. The predicted octanol–water partition coefficient (Wildman–Crippen LogP) is 5.08. The van der Waals surface area contributed by atoms with Crippen LogP contribution in [0.2, 0.25) is 10.0 Å². The third-order valence-electron chi connectivity index (χ3n) is 6.55. The molecule has 194 valence electrons. The minimum atomic E-state index is -0.928. The van der Waals surface area contributed by atoms with E-state index in [-0.39, 0.29) is 18.4 Å². The van der Waals surface area contributed by atoms with Gasteiger partial charge in [0.15, 0.2) is 5.82 Å². The summed E-state index contributed by atoms with van der Waals surface area (Å²) >= 11 is 12.1. The van der Waals surface area contributed by atoms with Crippen molar-refractivity contribution in [2.24, 2.45) is 5.92 Å². The van der Waals surface area contributed by atoms with E-state index in [0.29, 0.717) is 40.4 Å². The molecule has 1 aliphatic heterocycles. The Bertz CT molecular complexity index is 1130. The van der Waals surface area contributed by atoms with E-state index in [1.54, 1.807) is 53.9 Å². The summed E-state index contributed by atoms with van der Waals surface area (Å²) in [7, 11) is 0. The lowest BCUT2D eigenvalue weighted by Gasteiger charge is -2.31. The molecule has 2 amide bonds. The van der Waals surface area contributed by atoms with Gasteiger partial charge in [-0.15, -0.1) is 0 Å². The first-order valence-corrected chi connectivity index (χ1v) is 13.1. The molecule has 0 saturated heterocycles. The third kappa shape index (κ3) is 7.02. The summed E-state index contributed by atoms with van der Waals surface area (Å²) in [4.78, 5) is 28.1. The number of nitrogens with one attached hydrogen (secondary N) is 2. The molecule has 1 unspecified atom stereocenters. The fourth-order valence-electron chi connectivity index (χ4n) is 4.87. The van der Waals surface area contributed by atoms with Gasteiger partial charge in [0.2, 0.25) is 11.8 Å². The largest absolute Gasteiger partial charge is 0.389 e. The summed E-state index contributed by atoms with van der Waals surface area (Å²) in [5.74, 6) is 0.321. The highest BCUT2D eigenvalue weighted by Gasteiger charge is 2.35. The van der Waals surface area contributed by atoms with Crippen LogP contribution in [-0.2, 0) is 16.1 Å². The molecule has 2 aromatic rings. The summed E-state index contributed by atoms with van der Waals surface area (Å²) in [6.07, 6.45) is 9.49. The molecule has 4 rings (SSSR count). The summed E-state index contributed by atoms with van der Waals surface area (Å²) in [5, 5.41) is 21.4. The lowest BCUT2D eigenvalue weighted by atomic mass is 9.84. The highest BCUT2D eigenvalue weighted by Crippen LogP contribution is 2.31. The first kappa shape index (κ1) is 26.5. The number of benzene rings is 1. The molecule has 2 aliphatic rings. The summed E-state index contributed by atoms with van der Waals surface area (Å²) in [6, 6.07) is 6.26. The van der Waals surface area contributed by atoms with Crippen LogP contribution < -0.4 is 10.6 Å². The van der Waals surface area contributed by atoms with Gasteiger partial charge in [-0.2, -0.15) is 5.10 Å². The Kier molecular flexibility index (Phi) is 8.27. The van der Waals surface area contributed by atoms with E-state index in [4.69, 9.17) is 23.2 Å². The second kappa shape index (κ2) is 11.2. The highest BCUT2D eigenvalue weighted by atomic mass is 35.5.